The van der Waals surface area contributed by atoms with Crippen LogP contribution in [0.15, 0.2) is 18.3 Å². The first-order valence-corrected chi connectivity index (χ1v) is 6.83. The number of benzene rings is 1. The first-order valence-electron chi connectivity index (χ1n) is 6.83. The van der Waals surface area contributed by atoms with Crippen molar-refractivity contribution >= 4 is 10.9 Å². The molecule has 0 radical (unpaired) electrons. The summed E-state index contributed by atoms with van der Waals surface area (Å²) in [6, 6.07) is 5.54. The molecule has 3 rings (SSSR count). The van der Waals surface area contributed by atoms with Crippen LogP contribution in [-0.2, 0) is 0 Å². The van der Waals surface area contributed by atoms with E-state index in [0.717, 1.165) is 5.52 Å². The molecule has 0 amide bonds. The average molecular weight is 243 g/mol. The van der Waals surface area contributed by atoms with Gasteiger partial charge in [-0.15, -0.1) is 0 Å². The molecule has 3 nitrogen and oxygen atoms in total. The Morgan fingerprint density at radius 2 is 1.89 bits per heavy atom. The zero-order valence-corrected chi connectivity index (χ0v) is 11.3. The molecule has 2 atom stereocenters. The first kappa shape index (κ1) is 11.7. The Kier molecular flexibility index (Phi) is 2.86. The first-order chi connectivity index (χ1) is 8.65. The van der Waals surface area contributed by atoms with E-state index in [1.54, 1.807) is 0 Å². The topological polar surface area (TPSA) is 40.7 Å². The van der Waals surface area contributed by atoms with Crippen molar-refractivity contribution in [1.82, 2.24) is 15.5 Å². The van der Waals surface area contributed by atoms with Gasteiger partial charge in [-0.3, -0.25) is 5.10 Å². The van der Waals surface area contributed by atoms with Gasteiger partial charge in [0.2, 0.25) is 0 Å². The number of aromatic amines is 1. The van der Waals surface area contributed by atoms with Crippen LogP contribution < -0.4 is 5.32 Å². The molecule has 0 saturated carbocycles. The van der Waals surface area contributed by atoms with Crippen LogP contribution in [0.25, 0.3) is 10.9 Å². The van der Waals surface area contributed by atoms with Gasteiger partial charge in [-0.25, -0.2) is 0 Å². The number of hydrogen-bond acceptors (Lipinski definition) is 2. The molecule has 0 spiro atoms. The van der Waals surface area contributed by atoms with Crippen LogP contribution in [0.1, 0.15) is 43.7 Å². The van der Waals surface area contributed by atoms with Gasteiger partial charge in [0, 0.05) is 17.5 Å². The Balaban J connectivity index is 2.07. The summed E-state index contributed by atoms with van der Waals surface area (Å²) in [5, 5.41) is 12.2. The van der Waals surface area contributed by atoms with Crippen molar-refractivity contribution in [2.45, 2.75) is 51.6 Å². The van der Waals surface area contributed by atoms with Crippen LogP contribution in [0.3, 0.4) is 0 Å². The van der Waals surface area contributed by atoms with Crippen molar-refractivity contribution < 1.29 is 0 Å². The average Bonchev–Trinajstić information content (AvgIpc) is 2.75. The number of aryl methyl sites for hydroxylation is 1. The van der Waals surface area contributed by atoms with Crippen molar-refractivity contribution in [3.05, 3.63) is 29.5 Å². The van der Waals surface area contributed by atoms with Gasteiger partial charge in [-0.05, 0) is 56.7 Å². The van der Waals surface area contributed by atoms with Gasteiger partial charge < -0.3 is 5.32 Å². The highest BCUT2D eigenvalue weighted by Gasteiger charge is 2.26. The lowest BCUT2D eigenvalue weighted by atomic mass is 9.81. The maximum atomic E-state index is 4.20. The maximum Gasteiger partial charge on any atom is 0.0653 e. The van der Waals surface area contributed by atoms with E-state index in [1.807, 2.05) is 6.20 Å². The van der Waals surface area contributed by atoms with E-state index in [0.29, 0.717) is 18.0 Å². The number of nitrogens with one attached hydrogen (secondary N) is 2. The predicted octanol–water partition coefficient (Wildman–Crippen LogP) is 3.12. The molecule has 2 heterocycles. The molecule has 1 saturated heterocycles. The summed E-state index contributed by atoms with van der Waals surface area (Å²) >= 11 is 0. The summed E-state index contributed by atoms with van der Waals surface area (Å²) in [6.45, 7) is 6.79. The molecule has 0 bridgehead atoms. The number of rotatable bonds is 1. The van der Waals surface area contributed by atoms with Crippen LogP contribution in [0.4, 0.5) is 0 Å². The van der Waals surface area contributed by atoms with Gasteiger partial charge in [-0.2, -0.15) is 5.10 Å². The van der Waals surface area contributed by atoms with Crippen LogP contribution >= 0.6 is 0 Å². The maximum absolute atomic E-state index is 4.20. The highest BCUT2D eigenvalue weighted by Crippen LogP contribution is 2.36. The molecule has 1 aromatic heterocycles. The SMILES string of the molecule is Cc1ccc2[nH]ncc2c1C1CC(C)NC(C)C1. The molecule has 1 aliphatic heterocycles. The minimum Gasteiger partial charge on any atom is -0.312 e. The molecule has 1 aromatic carbocycles. The third-order valence-corrected chi connectivity index (χ3v) is 4.14. The third-order valence-electron chi connectivity index (χ3n) is 4.14. The second-order valence-electron chi connectivity index (χ2n) is 5.76. The zero-order chi connectivity index (χ0) is 12.7. The summed E-state index contributed by atoms with van der Waals surface area (Å²) in [5.41, 5.74) is 4.06. The third kappa shape index (κ3) is 1.93. The molecule has 1 fully saturated rings. The molecule has 2 aromatic rings. The lowest BCUT2D eigenvalue weighted by Crippen LogP contribution is -2.41. The Bertz CT molecular complexity index is 548. The fourth-order valence-corrected chi connectivity index (χ4v) is 3.50. The predicted molar refractivity (Wildman–Crippen MR) is 74.9 cm³/mol. The molecule has 2 unspecified atom stereocenters. The van der Waals surface area contributed by atoms with Crippen LogP contribution in [0, 0.1) is 6.92 Å². The summed E-state index contributed by atoms with van der Waals surface area (Å²) < 4.78 is 0. The Labute approximate surface area is 108 Å². The Hall–Kier alpha value is -1.35. The number of hydrogen-bond donors (Lipinski definition) is 2. The molecule has 1 aliphatic rings. The van der Waals surface area contributed by atoms with Crippen molar-refractivity contribution in [3.8, 4) is 0 Å². The molecule has 18 heavy (non-hydrogen) atoms. The smallest absolute Gasteiger partial charge is 0.0653 e. The zero-order valence-electron chi connectivity index (χ0n) is 11.3. The lowest BCUT2D eigenvalue weighted by molar-refractivity contribution is 0.317. The largest absolute Gasteiger partial charge is 0.312 e. The minimum atomic E-state index is 0.598. The van der Waals surface area contributed by atoms with E-state index in [4.69, 9.17) is 0 Å². The highest BCUT2D eigenvalue weighted by molar-refractivity contribution is 5.83. The quantitative estimate of drug-likeness (QED) is 0.808. The monoisotopic (exact) mass is 243 g/mol. The van der Waals surface area contributed by atoms with E-state index >= 15 is 0 Å². The van der Waals surface area contributed by atoms with Crippen LogP contribution in [0.5, 0.6) is 0 Å². The van der Waals surface area contributed by atoms with Crippen LogP contribution in [0.2, 0.25) is 0 Å². The molecule has 2 N–H and O–H groups in total. The number of aromatic nitrogens is 2. The van der Waals surface area contributed by atoms with E-state index in [2.05, 4.69) is 48.4 Å². The molecular formula is C15H21N3. The van der Waals surface area contributed by atoms with Gasteiger partial charge in [0.05, 0.1) is 11.7 Å². The Morgan fingerprint density at radius 1 is 1.17 bits per heavy atom. The molecule has 0 aliphatic carbocycles. The second-order valence-corrected chi connectivity index (χ2v) is 5.76. The summed E-state index contributed by atoms with van der Waals surface area (Å²) in [5.74, 6) is 0.651. The Morgan fingerprint density at radius 3 is 2.61 bits per heavy atom. The fourth-order valence-electron chi connectivity index (χ4n) is 3.50. The van der Waals surface area contributed by atoms with Crippen LogP contribution in [-0.4, -0.2) is 22.3 Å². The van der Waals surface area contributed by atoms with Gasteiger partial charge in [0.25, 0.3) is 0 Å². The number of H-pyrrole nitrogens is 1. The summed E-state index contributed by atoms with van der Waals surface area (Å²) in [6.07, 6.45) is 4.42. The number of piperidine rings is 1. The molecular weight excluding hydrogens is 222 g/mol. The lowest BCUT2D eigenvalue weighted by Gasteiger charge is -2.34. The number of fused-ring (bicyclic) bond motifs is 1. The van der Waals surface area contributed by atoms with Gasteiger partial charge in [0.15, 0.2) is 0 Å². The van der Waals surface area contributed by atoms with Gasteiger partial charge in [0.1, 0.15) is 0 Å². The highest BCUT2D eigenvalue weighted by atomic mass is 15.1. The van der Waals surface area contributed by atoms with Gasteiger partial charge >= 0.3 is 0 Å². The van der Waals surface area contributed by atoms with Gasteiger partial charge in [-0.1, -0.05) is 6.07 Å². The second kappa shape index (κ2) is 4.39. The van der Waals surface area contributed by atoms with Crippen molar-refractivity contribution in [1.29, 1.82) is 0 Å². The standard InChI is InChI=1S/C15H21N3/c1-9-4-5-14-13(8-16-18-14)15(9)12-6-10(2)17-11(3)7-12/h4-5,8,10-12,17H,6-7H2,1-3H3,(H,16,18). The fraction of sp³-hybridized carbons (Fsp3) is 0.533. The van der Waals surface area contributed by atoms with Crippen molar-refractivity contribution in [2.75, 3.05) is 0 Å². The molecule has 3 heteroatoms. The summed E-state index contributed by atoms with van der Waals surface area (Å²) in [7, 11) is 0. The molecule has 96 valence electrons. The van der Waals surface area contributed by atoms with E-state index < -0.39 is 0 Å². The normalized spacial score (nSPS) is 28.7. The summed E-state index contributed by atoms with van der Waals surface area (Å²) in [4.78, 5) is 0. The van der Waals surface area contributed by atoms with Crippen molar-refractivity contribution in [2.24, 2.45) is 0 Å². The van der Waals surface area contributed by atoms with E-state index in [9.17, 15) is 0 Å². The number of nitrogens with zero attached hydrogens (tertiary/aromatic N) is 1. The van der Waals surface area contributed by atoms with Crippen molar-refractivity contribution in [3.63, 3.8) is 0 Å². The van der Waals surface area contributed by atoms with E-state index in [-0.39, 0.29) is 0 Å². The minimum absolute atomic E-state index is 0.598. The van der Waals surface area contributed by atoms with E-state index in [1.165, 1.54) is 29.4 Å².